The van der Waals surface area contributed by atoms with Crippen molar-refractivity contribution in [3.8, 4) is 0 Å². The van der Waals surface area contributed by atoms with E-state index in [1.807, 2.05) is 20.8 Å². The molecule has 0 aliphatic carbocycles. The molecule has 144 valence electrons. The Morgan fingerprint density at radius 2 is 1.88 bits per heavy atom. The average Bonchev–Trinajstić information content (AvgIpc) is 2.60. The third kappa shape index (κ3) is 26.0. The molecule has 0 aromatic carbocycles. The van der Waals surface area contributed by atoms with Crippen LogP contribution in [-0.2, 0) is 9.47 Å². The van der Waals surface area contributed by atoms with E-state index in [0.29, 0.717) is 25.9 Å². The summed E-state index contributed by atoms with van der Waals surface area (Å²) in [5.41, 5.74) is 8.19. The molecule has 0 aromatic heterocycles. The van der Waals surface area contributed by atoms with Crippen LogP contribution in [0.5, 0.6) is 0 Å². The second-order valence-electron chi connectivity index (χ2n) is 5.18. The first-order valence-corrected chi connectivity index (χ1v) is 8.96. The quantitative estimate of drug-likeness (QED) is 0.319. The number of rotatable bonds is 12. The lowest BCUT2D eigenvalue weighted by Crippen LogP contribution is -2.26. The topological polar surface area (TPSA) is 56.5 Å². The molecule has 0 spiro atoms. The van der Waals surface area contributed by atoms with Crippen LogP contribution in [0.1, 0.15) is 47.5 Å². The third-order valence-corrected chi connectivity index (χ3v) is 3.11. The number of nitrogens with one attached hydrogen (secondary N) is 1. The lowest BCUT2D eigenvalue weighted by atomic mass is 10.1. The van der Waals surface area contributed by atoms with Crippen molar-refractivity contribution in [2.24, 2.45) is 5.73 Å². The molecule has 1 unspecified atom stereocenters. The fourth-order valence-corrected chi connectivity index (χ4v) is 1.30. The van der Waals surface area contributed by atoms with Crippen molar-refractivity contribution < 1.29 is 9.47 Å². The summed E-state index contributed by atoms with van der Waals surface area (Å²) in [6, 6.07) is 0.341. The monoisotopic (exact) mass is 342 g/mol. The van der Waals surface area contributed by atoms with Gasteiger partial charge in [0, 0.05) is 19.7 Å². The molecule has 1 atom stereocenters. The molecular weight excluding hydrogens is 300 g/mol. The summed E-state index contributed by atoms with van der Waals surface area (Å²) in [6.45, 7) is 21.4. The molecule has 0 amide bonds. The maximum atomic E-state index is 5.79. The van der Waals surface area contributed by atoms with Crippen LogP contribution < -0.4 is 11.1 Å². The molecule has 0 fully saturated rings. The second-order valence-corrected chi connectivity index (χ2v) is 5.18. The van der Waals surface area contributed by atoms with Crippen LogP contribution in [0.2, 0.25) is 0 Å². The minimum atomic E-state index is 0.341. The third-order valence-electron chi connectivity index (χ3n) is 3.11. The Morgan fingerprint density at radius 3 is 2.33 bits per heavy atom. The number of hydrogen-bond acceptors (Lipinski definition) is 4. The molecule has 0 aliphatic heterocycles. The van der Waals surface area contributed by atoms with Crippen LogP contribution in [0.3, 0.4) is 0 Å². The van der Waals surface area contributed by atoms with Gasteiger partial charge in [-0.3, -0.25) is 0 Å². The van der Waals surface area contributed by atoms with Gasteiger partial charge in [-0.1, -0.05) is 50.6 Å². The van der Waals surface area contributed by atoms with E-state index < -0.39 is 0 Å². The van der Waals surface area contributed by atoms with Gasteiger partial charge in [-0.25, -0.2) is 0 Å². The van der Waals surface area contributed by atoms with E-state index in [1.165, 1.54) is 5.57 Å². The van der Waals surface area contributed by atoms with E-state index in [0.717, 1.165) is 31.5 Å². The van der Waals surface area contributed by atoms with Gasteiger partial charge in [-0.2, -0.15) is 0 Å². The van der Waals surface area contributed by atoms with Crippen LogP contribution in [0.25, 0.3) is 0 Å². The lowest BCUT2D eigenvalue weighted by Gasteiger charge is -2.08. The van der Waals surface area contributed by atoms with Crippen molar-refractivity contribution in [3.05, 3.63) is 36.5 Å². The first-order chi connectivity index (χ1) is 11.5. The smallest absolute Gasteiger partial charge is 0.0704 e. The van der Waals surface area contributed by atoms with Crippen LogP contribution in [0, 0.1) is 0 Å². The Hall–Kier alpha value is -0.940. The highest BCUT2D eigenvalue weighted by molar-refractivity contribution is 5.23. The summed E-state index contributed by atoms with van der Waals surface area (Å²) in [6.07, 6.45) is 5.99. The number of ether oxygens (including phenoxy) is 2. The Bertz CT molecular complexity index is 302. The Labute approximate surface area is 151 Å². The first-order valence-electron chi connectivity index (χ1n) is 8.96. The molecule has 0 heterocycles. The fraction of sp³-hybridized carbons (Fsp3) is 0.700. The van der Waals surface area contributed by atoms with Crippen LogP contribution in [0.4, 0.5) is 0 Å². The van der Waals surface area contributed by atoms with E-state index in [9.17, 15) is 0 Å². The zero-order valence-corrected chi connectivity index (χ0v) is 17.0. The summed E-state index contributed by atoms with van der Waals surface area (Å²) in [7, 11) is 1.65. The lowest BCUT2D eigenvalue weighted by molar-refractivity contribution is 0.0854. The summed E-state index contributed by atoms with van der Waals surface area (Å²) < 4.78 is 9.71. The fourth-order valence-electron chi connectivity index (χ4n) is 1.30. The van der Waals surface area contributed by atoms with Gasteiger partial charge < -0.3 is 20.5 Å². The van der Waals surface area contributed by atoms with Gasteiger partial charge in [0.1, 0.15) is 0 Å². The Kier molecular flexibility index (Phi) is 28.3. The number of methoxy groups -OCH3 is 1. The van der Waals surface area contributed by atoms with Crippen molar-refractivity contribution >= 4 is 0 Å². The molecule has 0 saturated carbocycles. The SMILES string of the molecule is C=C(C)/C(C)=C/CNCCC(N)CC.C=CCOCCOC.CC. The molecule has 24 heavy (non-hydrogen) atoms. The predicted molar refractivity (Wildman–Crippen MR) is 109 cm³/mol. The van der Waals surface area contributed by atoms with Crippen LogP contribution >= 0.6 is 0 Å². The maximum absolute atomic E-state index is 5.79. The number of allylic oxidation sites excluding steroid dienone is 2. The summed E-state index contributed by atoms with van der Waals surface area (Å²) in [5.74, 6) is 0. The van der Waals surface area contributed by atoms with Gasteiger partial charge in [0.25, 0.3) is 0 Å². The van der Waals surface area contributed by atoms with Gasteiger partial charge in [-0.05, 0) is 33.2 Å². The molecule has 0 rings (SSSR count). The number of hydrogen-bond donors (Lipinski definition) is 2. The predicted octanol–water partition coefficient (Wildman–Crippen LogP) is 4.09. The summed E-state index contributed by atoms with van der Waals surface area (Å²) in [5, 5.41) is 3.34. The minimum absolute atomic E-state index is 0.341. The highest BCUT2D eigenvalue weighted by Crippen LogP contribution is 2.03. The molecule has 4 heteroatoms. The number of nitrogens with two attached hydrogens (primary N) is 1. The van der Waals surface area contributed by atoms with Gasteiger partial charge in [-0.15, -0.1) is 6.58 Å². The summed E-state index contributed by atoms with van der Waals surface area (Å²) >= 11 is 0. The molecule has 0 aromatic rings. The van der Waals surface area contributed by atoms with E-state index in [2.05, 4.69) is 38.4 Å². The van der Waals surface area contributed by atoms with Crippen molar-refractivity contribution in [1.29, 1.82) is 0 Å². The van der Waals surface area contributed by atoms with Gasteiger partial charge in [0.05, 0.1) is 19.8 Å². The highest BCUT2D eigenvalue weighted by atomic mass is 16.5. The maximum Gasteiger partial charge on any atom is 0.0704 e. The van der Waals surface area contributed by atoms with Gasteiger partial charge in [0.2, 0.25) is 0 Å². The Morgan fingerprint density at radius 1 is 1.25 bits per heavy atom. The molecule has 0 saturated heterocycles. The standard InChI is InChI=1S/C12H24N2.C6H12O2.C2H6/c1-5-12(13)7-9-14-8-6-11(4)10(2)3;1-3-4-8-6-5-7-2;1-2/h6,12,14H,2,5,7-9,13H2,1,3-4H3;3H,1,4-6H2,2H3;1-2H3/b11-6+;;. The molecule has 0 radical (unpaired) electrons. The summed E-state index contributed by atoms with van der Waals surface area (Å²) in [4.78, 5) is 0. The Balaban J connectivity index is -0.000000374. The van der Waals surface area contributed by atoms with E-state index in [1.54, 1.807) is 13.2 Å². The molecule has 0 bridgehead atoms. The highest BCUT2D eigenvalue weighted by Gasteiger charge is 1.96. The van der Waals surface area contributed by atoms with Crippen molar-refractivity contribution in [3.63, 3.8) is 0 Å². The van der Waals surface area contributed by atoms with E-state index in [4.69, 9.17) is 15.2 Å². The van der Waals surface area contributed by atoms with Gasteiger partial charge >= 0.3 is 0 Å². The van der Waals surface area contributed by atoms with E-state index in [-0.39, 0.29) is 0 Å². The minimum Gasteiger partial charge on any atom is -0.382 e. The first kappa shape index (κ1) is 27.9. The zero-order chi connectivity index (χ0) is 19.2. The normalized spacial score (nSPS) is 11.5. The van der Waals surface area contributed by atoms with Crippen LogP contribution in [-0.4, -0.2) is 46.1 Å². The second kappa shape index (κ2) is 24.3. The molecule has 4 nitrogen and oxygen atoms in total. The van der Waals surface area contributed by atoms with Crippen molar-refractivity contribution in [1.82, 2.24) is 5.32 Å². The van der Waals surface area contributed by atoms with Crippen molar-refractivity contribution in [2.45, 2.75) is 53.5 Å². The molecule has 0 aliphatic rings. The van der Waals surface area contributed by atoms with Gasteiger partial charge in [0.15, 0.2) is 0 Å². The zero-order valence-electron chi connectivity index (χ0n) is 17.0. The molecule has 3 N–H and O–H groups in total. The average molecular weight is 343 g/mol. The largest absolute Gasteiger partial charge is 0.382 e. The van der Waals surface area contributed by atoms with E-state index >= 15 is 0 Å². The molecular formula is C20H42N2O2. The van der Waals surface area contributed by atoms with Crippen molar-refractivity contribution in [2.75, 3.05) is 40.0 Å². The van der Waals surface area contributed by atoms with Crippen LogP contribution in [0.15, 0.2) is 36.5 Å².